The molecule has 0 saturated heterocycles. The molecule has 0 aromatic heterocycles. The van der Waals surface area contributed by atoms with Gasteiger partial charge >= 0.3 is 0 Å². The van der Waals surface area contributed by atoms with Crippen LogP contribution in [0.4, 0.5) is 11.4 Å². The van der Waals surface area contributed by atoms with Gasteiger partial charge in [0.15, 0.2) is 9.84 Å². The first-order valence-corrected chi connectivity index (χ1v) is 11.5. The number of methoxy groups -OCH3 is 1. The van der Waals surface area contributed by atoms with Crippen LogP contribution >= 0.6 is 0 Å². The smallest absolute Gasteiger partial charge is 0.226 e. The average molecular weight is 431 g/mol. The molecule has 2 amide bonds. The first-order chi connectivity index (χ1) is 14.2. The molecule has 7 nitrogen and oxygen atoms in total. The average Bonchev–Trinajstić information content (AvgIpc) is 3.07. The van der Waals surface area contributed by atoms with E-state index in [1.807, 2.05) is 13.8 Å². The lowest BCUT2D eigenvalue weighted by Crippen LogP contribution is -2.35. The number of rotatable bonds is 7. The van der Waals surface area contributed by atoms with Gasteiger partial charge in [-0.1, -0.05) is 6.92 Å². The summed E-state index contributed by atoms with van der Waals surface area (Å²) >= 11 is 0. The third-order valence-electron chi connectivity index (χ3n) is 5.17. The normalized spacial score (nSPS) is 15.6. The summed E-state index contributed by atoms with van der Waals surface area (Å²) in [7, 11) is -2.07. The lowest BCUT2D eigenvalue weighted by atomic mass is 10.1. The molecule has 1 aliphatic rings. The first kappa shape index (κ1) is 21.8. The number of hydrogen-bond acceptors (Lipinski definition) is 5. The molecule has 8 heteroatoms. The molecular weight excluding hydrogens is 404 g/mol. The Labute approximate surface area is 177 Å². The molecule has 0 aliphatic carbocycles. The number of ether oxygens (including phenoxy) is 1. The minimum Gasteiger partial charge on any atom is -0.497 e. The Kier molecular flexibility index (Phi) is 6.45. The quantitative estimate of drug-likeness (QED) is 0.728. The zero-order chi connectivity index (χ0) is 21.9. The van der Waals surface area contributed by atoms with E-state index in [0.717, 1.165) is 11.3 Å². The van der Waals surface area contributed by atoms with E-state index in [1.54, 1.807) is 48.4 Å². The van der Waals surface area contributed by atoms with Gasteiger partial charge in [-0.05, 0) is 61.4 Å². The Bertz CT molecular complexity index is 1050. The third kappa shape index (κ3) is 4.64. The van der Waals surface area contributed by atoms with Crippen molar-refractivity contribution in [3.63, 3.8) is 0 Å². The number of fused-ring (bicyclic) bond motifs is 1. The summed E-state index contributed by atoms with van der Waals surface area (Å²) in [5.41, 5.74) is 2.18. The lowest BCUT2D eigenvalue weighted by molar-refractivity contribution is -0.118. The molecule has 1 heterocycles. The summed E-state index contributed by atoms with van der Waals surface area (Å²) < 4.78 is 30.6. The highest BCUT2D eigenvalue weighted by molar-refractivity contribution is 7.91. The van der Waals surface area contributed by atoms with Crippen LogP contribution in [0.25, 0.3) is 0 Å². The molecule has 3 rings (SSSR count). The maximum atomic E-state index is 12.7. The Morgan fingerprint density at radius 3 is 2.50 bits per heavy atom. The Morgan fingerprint density at radius 1 is 1.17 bits per heavy atom. The summed E-state index contributed by atoms with van der Waals surface area (Å²) in [4.78, 5) is 26.3. The standard InChI is InChI=1S/C22H26N2O5S/c1-4-22(26)24-15(2)13-16-14-19(9-10-20(16)24)30(27,28)12-11-21(25)23-17-5-7-18(29-3)8-6-17/h5-10,14-15H,4,11-13H2,1-3H3,(H,23,25)/t15-/m0/s1. The molecule has 1 N–H and O–H groups in total. The van der Waals surface area contributed by atoms with Crippen LogP contribution in [0.3, 0.4) is 0 Å². The van der Waals surface area contributed by atoms with E-state index in [2.05, 4.69) is 5.32 Å². The third-order valence-corrected chi connectivity index (χ3v) is 6.88. The summed E-state index contributed by atoms with van der Waals surface area (Å²) in [6.45, 7) is 3.76. The second kappa shape index (κ2) is 8.87. The zero-order valence-electron chi connectivity index (χ0n) is 17.3. The van der Waals surface area contributed by atoms with Crippen molar-refractivity contribution < 1.29 is 22.7 Å². The van der Waals surface area contributed by atoms with Crippen LogP contribution in [0.5, 0.6) is 5.75 Å². The number of anilines is 2. The van der Waals surface area contributed by atoms with Crippen molar-refractivity contribution in [3.8, 4) is 5.75 Å². The fourth-order valence-electron chi connectivity index (χ4n) is 3.59. The van der Waals surface area contributed by atoms with Crippen LogP contribution in [-0.2, 0) is 25.8 Å². The van der Waals surface area contributed by atoms with Gasteiger partial charge in [-0.3, -0.25) is 9.59 Å². The topological polar surface area (TPSA) is 92.8 Å². The number of sulfone groups is 1. The van der Waals surface area contributed by atoms with E-state index in [9.17, 15) is 18.0 Å². The lowest BCUT2D eigenvalue weighted by Gasteiger charge is -2.22. The van der Waals surface area contributed by atoms with E-state index in [-0.39, 0.29) is 34.9 Å². The van der Waals surface area contributed by atoms with Crippen LogP contribution in [0, 0.1) is 0 Å². The molecule has 0 unspecified atom stereocenters. The van der Waals surface area contributed by atoms with Gasteiger partial charge in [0.25, 0.3) is 0 Å². The molecule has 160 valence electrons. The van der Waals surface area contributed by atoms with Crippen LogP contribution < -0.4 is 15.0 Å². The van der Waals surface area contributed by atoms with Gasteiger partial charge in [-0.25, -0.2) is 8.42 Å². The Morgan fingerprint density at radius 2 is 1.87 bits per heavy atom. The van der Waals surface area contributed by atoms with E-state index >= 15 is 0 Å². The number of hydrogen-bond donors (Lipinski definition) is 1. The van der Waals surface area contributed by atoms with Crippen molar-refractivity contribution in [2.24, 2.45) is 0 Å². The predicted octanol–water partition coefficient (Wildman–Crippen LogP) is 3.19. The van der Waals surface area contributed by atoms with Gasteiger partial charge in [0.05, 0.1) is 17.8 Å². The van der Waals surface area contributed by atoms with Crippen molar-refractivity contribution in [2.75, 3.05) is 23.1 Å². The van der Waals surface area contributed by atoms with E-state index < -0.39 is 9.84 Å². The second-order valence-electron chi connectivity index (χ2n) is 7.31. The van der Waals surface area contributed by atoms with Crippen molar-refractivity contribution in [1.82, 2.24) is 0 Å². The maximum absolute atomic E-state index is 12.7. The zero-order valence-corrected chi connectivity index (χ0v) is 18.2. The van der Waals surface area contributed by atoms with E-state index in [0.29, 0.717) is 24.3 Å². The number of nitrogens with zero attached hydrogens (tertiary/aromatic N) is 1. The van der Waals surface area contributed by atoms with Crippen molar-refractivity contribution >= 4 is 33.0 Å². The highest BCUT2D eigenvalue weighted by Crippen LogP contribution is 2.34. The maximum Gasteiger partial charge on any atom is 0.226 e. The fraction of sp³-hybridized carbons (Fsp3) is 0.364. The highest BCUT2D eigenvalue weighted by atomic mass is 32.2. The summed E-state index contributed by atoms with van der Waals surface area (Å²) in [5.74, 6) is 0.0204. The Hall–Kier alpha value is -2.87. The van der Waals surface area contributed by atoms with Gasteiger partial charge in [0.2, 0.25) is 11.8 Å². The molecule has 1 atom stereocenters. The second-order valence-corrected chi connectivity index (χ2v) is 9.42. The number of benzene rings is 2. The largest absolute Gasteiger partial charge is 0.497 e. The van der Waals surface area contributed by atoms with Crippen LogP contribution in [-0.4, -0.2) is 39.1 Å². The molecule has 0 fully saturated rings. The van der Waals surface area contributed by atoms with Gasteiger partial charge < -0.3 is 15.0 Å². The van der Waals surface area contributed by atoms with Gasteiger partial charge in [0, 0.05) is 30.3 Å². The molecule has 0 radical (unpaired) electrons. The highest BCUT2D eigenvalue weighted by Gasteiger charge is 2.31. The minimum atomic E-state index is -3.62. The molecule has 0 saturated carbocycles. The van der Waals surface area contributed by atoms with Crippen molar-refractivity contribution in [1.29, 1.82) is 0 Å². The molecule has 2 aromatic carbocycles. The monoisotopic (exact) mass is 430 g/mol. The summed E-state index contributed by atoms with van der Waals surface area (Å²) in [6.07, 6.45) is 0.859. The molecular formula is C22H26N2O5S. The summed E-state index contributed by atoms with van der Waals surface area (Å²) in [5, 5.41) is 2.69. The van der Waals surface area contributed by atoms with Gasteiger partial charge in [0.1, 0.15) is 5.75 Å². The first-order valence-electron chi connectivity index (χ1n) is 9.86. The minimum absolute atomic E-state index is 0.000628. The van der Waals surface area contributed by atoms with Gasteiger partial charge in [-0.15, -0.1) is 0 Å². The van der Waals surface area contributed by atoms with Crippen molar-refractivity contribution in [3.05, 3.63) is 48.0 Å². The predicted molar refractivity (Wildman–Crippen MR) is 116 cm³/mol. The van der Waals surface area contributed by atoms with Crippen molar-refractivity contribution in [2.45, 2.75) is 44.0 Å². The van der Waals surface area contributed by atoms with Crippen LogP contribution in [0.15, 0.2) is 47.4 Å². The van der Waals surface area contributed by atoms with Crippen LogP contribution in [0.1, 0.15) is 32.3 Å². The van der Waals surface area contributed by atoms with Crippen LogP contribution in [0.2, 0.25) is 0 Å². The van der Waals surface area contributed by atoms with E-state index in [1.165, 1.54) is 6.07 Å². The number of nitrogens with one attached hydrogen (secondary N) is 1. The fourth-order valence-corrected chi connectivity index (χ4v) is 4.88. The number of amides is 2. The Balaban J connectivity index is 1.66. The molecule has 30 heavy (non-hydrogen) atoms. The number of carbonyl (C=O) groups excluding carboxylic acids is 2. The molecule has 2 aromatic rings. The molecule has 1 aliphatic heterocycles. The number of carbonyl (C=O) groups is 2. The molecule has 0 spiro atoms. The SMILES string of the molecule is CCC(=O)N1c2ccc(S(=O)(=O)CCC(=O)Nc3ccc(OC)cc3)cc2C[C@@H]1C. The van der Waals surface area contributed by atoms with Gasteiger partial charge in [-0.2, -0.15) is 0 Å². The van der Waals surface area contributed by atoms with E-state index in [4.69, 9.17) is 4.74 Å². The molecule has 0 bridgehead atoms. The summed E-state index contributed by atoms with van der Waals surface area (Å²) in [6, 6.07) is 11.6.